The third-order valence-electron chi connectivity index (χ3n) is 6.37. The van der Waals surface area contributed by atoms with Gasteiger partial charge in [0.05, 0.1) is 40.8 Å². The van der Waals surface area contributed by atoms with Crippen molar-refractivity contribution in [2.75, 3.05) is 37.7 Å². The molecule has 0 radical (unpaired) electrons. The molecule has 2 heterocycles. The van der Waals surface area contributed by atoms with E-state index in [4.69, 9.17) is 27.9 Å². The molecular formula is C28H33Cl2N3O4. The van der Waals surface area contributed by atoms with Crippen LogP contribution in [0.3, 0.4) is 0 Å². The molecule has 0 bridgehead atoms. The Labute approximate surface area is 227 Å². The van der Waals surface area contributed by atoms with Crippen LogP contribution < -0.4 is 9.64 Å². The minimum atomic E-state index is -0.942. The normalized spacial score (nSPS) is 17.6. The second-order valence-corrected chi connectivity index (χ2v) is 10.8. The molecule has 0 unspecified atom stereocenters. The summed E-state index contributed by atoms with van der Waals surface area (Å²) >= 11 is 12.9. The first-order chi connectivity index (χ1) is 17.6. The summed E-state index contributed by atoms with van der Waals surface area (Å²) in [5.74, 6) is 0.599. The highest BCUT2D eigenvalue weighted by Crippen LogP contribution is 2.37. The molecule has 1 fully saturated rings. The first-order valence-electron chi connectivity index (χ1n) is 12.3. The van der Waals surface area contributed by atoms with Crippen LogP contribution in [-0.2, 0) is 6.61 Å². The van der Waals surface area contributed by atoms with E-state index in [1.807, 2.05) is 36.4 Å². The van der Waals surface area contributed by atoms with E-state index in [0.717, 1.165) is 17.8 Å². The first kappa shape index (κ1) is 27.6. The Hall–Kier alpha value is -2.39. The summed E-state index contributed by atoms with van der Waals surface area (Å²) in [5.41, 5.74) is 2.33. The zero-order valence-corrected chi connectivity index (χ0v) is 22.5. The van der Waals surface area contributed by atoms with Crippen molar-refractivity contribution in [3.8, 4) is 5.75 Å². The molecule has 3 N–H and O–H groups in total. The van der Waals surface area contributed by atoms with Crippen LogP contribution in [0.2, 0.25) is 10.0 Å². The van der Waals surface area contributed by atoms with Gasteiger partial charge in [-0.2, -0.15) is 0 Å². The van der Waals surface area contributed by atoms with Gasteiger partial charge < -0.3 is 25.0 Å². The predicted molar refractivity (Wildman–Crippen MR) is 146 cm³/mol. The Balaban J connectivity index is 1.53. The molecule has 0 saturated carbocycles. The fraction of sp³-hybridized carbons (Fsp3) is 0.393. The number of piperazine rings is 1. The van der Waals surface area contributed by atoms with E-state index in [9.17, 15) is 15.3 Å². The van der Waals surface area contributed by atoms with Crippen molar-refractivity contribution in [2.45, 2.75) is 38.2 Å². The summed E-state index contributed by atoms with van der Waals surface area (Å²) in [5, 5.41) is 31.3. The van der Waals surface area contributed by atoms with Crippen molar-refractivity contribution < 1.29 is 20.1 Å². The lowest BCUT2D eigenvalue weighted by atomic mass is 10.0. The molecule has 1 aromatic heterocycles. The van der Waals surface area contributed by atoms with Crippen LogP contribution in [0, 0.1) is 0 Å². The zero-order valence-electron chi connectivity index (χ0n) is 21.0. The van der Waals surface area contributed by atoms with Gasteiger partial charge in [0.25, 0.3) is 0 Å². The lowest BCUT2D eigenvalue weighted by molar-refractivity contribution is 0.0285. The standard InChI is InChI=1S/C28H33Cl2N3O4/c1-28(2,36)18-37-23-9-10-25(24(30)13-23)33-12-11-32(15-26(33)19-3-6-21(29)7-4-19)16-27(35)20-5-8-22(17-34)31-14-20/h3-10,13-14,26-27,34-36H,11-12,15-18H2,1-2H3/t26-,27+/m0/s1. The Bertz CT molecular complexity index is 1170. The van der Waals surface area contributed by atoms with Crippen molar-refractivity contribution >= 4 is 28.9 Å². The molecule has 9 heteroatoms. The highest BCUT2D eigenvalue weighted by Gasteiger charge is 2.31. The number of pyridine rings is 1. The van der Waals surface area contributed by atoms with Crippen LogP contribution in [0.15, 0.2) is 60.8 Å². The van der Waals surface area contributed by atoms with Crippen molar-refractivity contribution in [3.05, 3.63) is 87.7 Å². The van der Waals surface area contributed by atoms with Gasteiger partial charge in [0.1, 0.15) is 12.4 Å². The number of aliphatic hydroxyl groups excluding tert-OH is 2. The average Bonchev–Trinajstić information content (AvgIpc) is 2.88. The van der Waals surface area contributed by atoms with Crippen LogP contribution in [0.5, 0.6) is 5.75 Å². The summed E-state index contributed by atoms with van der Waals surface area (Å²) in [6.07, 6.45) is 0.915. The molecule has 1 saturated heterocycles. The molecule has 3 aromatic rings. The number of anilines is 1. The zero-order chi connectivity index (χ0) is 26.6. The second kappa shape index (κ2) is 12.0. The maximum atomic E-state index is 10.9. The molecule has 1 aliphatic heterocycles. The van der Waals surface area contributed by atoms with E-state index in [1.54, 1.807) is 38.2 Å². The topological polar surface area (TPSA) is 89.3 Å². The van der Waals surface area contributed by atoms with E-state index in [-0.39, 0.29) is 19.3 Å². The minimum Gasteiger partial charge on any atom is -0.491 e. The number of nitrogens with zero attached hydrogens (tertiary/aromatic N) is 3. The van der Waals surface area contributed by atoms with Gasteiger partial charge >= 0.3 is 0 Å². The number of halogens is 2. The lowest BCUT2D eigenvalue weighted by Gasteiger charge is -2.44. The summed E-state index contributed by atoms with van der Waals surface area (Å²) in [6.45, 7) is 5.98. The quantitative estimate of drug-likeness (QED) is 0.361. The Kier molecular flexibility index (Phi) is 8.95. The second-order valence-electron chi connectivity index (χ2n) is 9.99. The lowest BCUT2D eigenvalue weighted by Crippen LogP contribution is -2.49. The Morgan fingerprint density at radius 2 is 1.84 bits per heavy atom. The fourth-order valence-electron chi connectivity index (χ4n) is 4.41. The fourth-order valence-corrected chi connectivity index (χ4v) is 4.82. The van der Waals surface area contributed by atoms with E-state index in [0.29, 0.717) is 46.7 Å². The highest BCUT2D eigenvalue weighted by atomic mass is 35.5. The molecule has 7 nitrogen and oxygen atoms in total. The SMILES string of the molecule is CC(C)(O)COc1ccc(N2CCN(C[C@@H](O)c3ccc(CO)nc3)C[C@H]2c2ccc(Cl)cc2)c(Cl)c1. The van der Waals surface area contributed by atoms with Gasteiger partial charge in [0.15, 0.2) is 0 Å². The van der Waals surface area contributed by atoms with E-state index in [2.05, 4.69) is 14.8 Å². The van der Waals surface area contributed by atoms with Crippen molar-refractivity contribution in [3.63, 3.8) is 0 Å². The van der Waals surface area contributed by atoms with Gasteiger partial charge in [-0.25, -0.2) is 0 Å². The molecule has 1 aliphatic rings. The van der Waals surface area contributed by atoms with Gasteiger partial charge in [0, 0.05) is 49.0 Å². The largest absolute Gasteiger partial charge is 0.491 e. The van der Waals surface area contributed by atoms with Gasteiger partial charge in [-0.3, -0.25) is 9.88 Å². The Morgan fingerprint density at radius 1 is 1.08 bits per heavy atom. The van der Waals surface area contributed by atoms with Crippen LogP contribution in [0.1, 0.15) is 42.8 Å². The number of benzene rings is 2. The van der Waals surface area contributed by atoms with Crippen LogP contribution >= 0.6 is 23.2 Å². The van der Waals surface area contributed by atoms with Crippen molar-refractivity contribution in [2.24, 2.45) is 0 Å². The van der Waals surface area contributed by atoms with E-state index < -0.39 is 11.7 Å². The van der Waals surface area contributed by atoms with E-state index >= 15 is 0 Å². The van der Waals surface area contributed by atoms with Crippen LogP contribution in [0.25, 0.3) is 0 Å². The molecule has 198 valence electrons. The molecule has 2 aromatic carbocycles. The number of ether oxygens (including phenoxy) is 1. The molecule has 4 rings (SSSR count). The Morgan fingerprint density at radius 3 is 2.46 bits per heavy atom. The molecule has 37 heavy (non-hydrogen) atoms. The van der Waals surface area contributed by atoms with Crippen LogP contribution in [0.4, 0.5) is 5.69 Å². The smallest absolute Gasteiger partial charge is 0.121 e. The molecule has 0 spiro atoms. The average molecular weight is 546 g/mol. The summed E-state index contributed by atoms with van der Waals surface area (Å²) in [7, 11) is 0. The number of aromatic nitrogens is 1. The number of rotatable bonds is 9. The first-order valence-corrected chi connectivity index (χ1v) is 13.0. The van der Waals surface area contributed by atoms with Crippen molar-refractivity contribution in [1.82, 2.24) is 9.88 Å². The van der Waals surface area contributed by atoms with Gasteiger partial charge in [-0.15, -0.1) is 0 Å². The maximum absolute atomic E-state index is 10.9. The highest BCUT2D eigenvalue weighted by molar-refractivity contribution is 6.33. The summed E-state index contributed by atoms with van der Waals surface area (Å²) in [6, 6.07) is 16.9. The number of β-amino-alcohol motifs (C(OH)–C–C–N with tert-alkyl or cyclic N) is 1. The number of aliphatic hydroxyl groups is 3. The van der Waals surface area contributed by atoms with E-state index in [1.165, 1.54) is 0 Å². The predicted octanol–water partition coefficient (Wildman–Crippen LogP) is 4.63. The molecule has 2 atom stereocenters. The van der Waals surface area contributed by atoms with Crippen molar-refractivity contribution in [1.29, 1.82) is 0 Å². The van der Waals surface area contributed by atoms with Gasteiger partial charge in [-0.05, 0) is 49.7 Å². The van der Waals surface area contributed by atoms with Gasteiger partial charge in [-0.1, -0.05) is 41.4 Å². The summed E-state index contributed by atoms with van der Waals surface area (Å²) < 4.78 is 5.71. The number of hydrogen-bond donors (Lipinski definition) is 3. The number of hydrogen-bond acceptors (Lipinski definition) is 7. The van der Waals surface area contributed by atoms with Gasteiger partial charge in [0.2, 0.25) is 0 Å². The third kappa shape index (κ3) is 7.35. The van der Waals surface area contributed by atoms with Crippen LogP contribution in [-0.4, -0.2) is 63.6 Å². The summed E-state index contributed by atoms with van der Waals surface area (Å²) in [4.78, 5) is 8.69. The third-order valence-corrected chi connectivity index (χ3v) is 6.92. The maximum Gasteiger partial charge on any atom is 0.121 e. The molecule has 0 amide bonds. The molecule has 0 aliphatic carbocycles. The minimum absolute atomic E-state index is 0.0197. The monoisotopic (exact) mass is 545 g/mol. The molecular weight excluding hydrogens is 513 g/mol.